The molecular formula is C54H50N2O12. The summed E-state index contributed by atoms with van der Waals surface area (Å²) in [5.41, 5.74) is 6.57. The minimum absolute atomic E-state index is 0.0933. The number of nitrogens with zero attached hydrogens (tertiary/aromatic N) is 2. The highest BCUT2D eigenvalue weighted by Gasteiger charge is 2.57. The lowest BCUT2D eigenvalue weighted by Gasteiger charge is -2.46. The number of methoxy groups -OCH3 is 1. The third-order valence-electron chi connectivity index (χ3n) is 13.7. The van der Waals surface area contributed by atoms with Gasteiger partial charge in [-0.1, -0.05) is 100 Å². The topological polar surface area (TPSA) is 175 Å². The van der Waals surface area contributed by atoms with Crippen LogP contribution in [0.5, 0.6) is 0 Å². The Bertz CT molecular complexity index is 2650. The highest BCUT2D eigenvalue weighted by Crippen LogP contribution is 2.51. The summed E-state index contributed by atoms with van der Waals surface area (Å²) >= 11 is 0. The first-order valence-electron chi connectivity index (χ1n) is 22.4. The second kappa shape index (κ2) is 17.3. The number of allylic oxidation sites excluding steroid dienone is 6. The minimum Gasteiger partial charge on any atom is -0.465 e. The summed E-state index contributed by atoms with van der Waals surface area (Å²) in [4.78, 5) is 82.9. The lowest BCUT2D eigenvalue weighted by Crippen LogP contribution is -2.56. The van der Waals surface area contributed by atoms with E-state index >= 15 is 0 Å². The van der Waals surface area contributed by atoms with Crippen molar-refractivity contribution in [3.8, 4) is 0 Å². The summed E-state index contributed by atoms with van der Waals surface area (Å²) in [5.74, 6) is -7.62. The van der Waals surface area contributed by atoms with Crippen molar-refractivity contribution in [2.24, 2.45) is 0 Å². The van der Waals surface area contributed by atoms with Crippen LogP contribution in [0.3, 0.4) is 0 Å². The van der Waals surface area contributed by atoms with E-state index in [2.05, 4.69) is 23.6 Å². The Balaban J connectivity index is 0.889. The van der Waals surface area contributed by atoms with Crippen molar-refractivity contribution in [2.75, 3.05) is 23.5 Å². The summed E-state index contributed by atoms with van der Waals surface area (Å²) in [6.07, 6.45) is 5.89. The van der Waals surface area contributed by atoms with Crippen LogP contribution in [0, 0.1) is 0 Å². The van der Waals surface area contributed by atoms with Crippen LogP contribution < -0.4 is 9.80 Å². The first kappa shape index (κ1) is 45.6. The number of hydrogen-bond acceptors (Lipinski definition) is 14. The van der Waals surface area contributed by atoms with E-state index in [-0.39, 0.29) is 42.6 Å². The SMILES string of the molecule is COC(=O)c1ccc(CN2C(=CC=C3C(=O)OC4(CCC5(CC4)OC(=O)C(=CC=C4N(Cc6ccc(C(=O)CO)cc6)c6ccccc6C4(C)C)C(=O)O5)OC3=O)C(C)(C)c3ccccc32)cc1. The van der Waals surface area contributed by atoms with Crippen molar-refractivity contribution in [2.45, 2.75) is 88.9 Å². The maximum atomic E-state index is 13.7. The van der Waals surface area contributed by atoms with Crippen molar-refractivity contribution >= 4 is 47.0 Å². The molecule has 14 heteroatoms. The van der Waals surface area contributed by atoms with Gasteiger partial charge in [0.05, 0.1) is 12.7 Å². The molecule has 9 rings (SSSR count). The molecule has 0 aromatic heterocycles. The second-order valence-electron chi connectivity index (χ2n) is 18.6. The zero-order valence-corrected chi connectivity index (χ0v) is 38.3. The molecule has 1 aliphatic carbocycles. The number of anilines is 2. The van der Waals surface area contributed by atoms with E-state index in [1.165, 1.54) is 19.3 Å². The minimum atomic E-state index is -1.66. The number of carbonyl (C=O) groups is 6. The predicted molar refractivity (Wildman–Crippen MR) is 248 cm³/mol. The molecule has 0 unspecified atom stereocenters. The van der Waals surface area contributed by atoms with Crippen molar-refractivity contribution in [1.29, 1.82) is 0 Å². The van der Waals surface area contributed by atoms with Gasteiger partial charge in [-0.05, 0) is 70.8 Å². The van der Waals surface area contributed by atoms with E-state index in [9.17, 15) is 33.9 Å². The zero-order chi connectivity index (χ0) is 48.2. The van der Waals surface area contributed by atoms with Crippen molar-refractivity contribution < 1.29 is 57.6 Å². The van der Waals surface area contributed by atoms with Crippen LogP contribution in [0.4, 0.5) is 11.4 Å². The summed E-state index contributed by atoms with van der Waals surface area (Å²) in [7, 11) is 1.33. The first-order valence-corrected chi connectivity index (χ1v) is 22.4. The number of benzene rings is 4. The van der Waals surface area contributed by atoms with Gasteiger partial charge in [-0.2, -0.15) is 0 Å². The van der Waals surface area contributed by atoms with Gasteiger partial charge in [-0.3, -0.25) is 4.79 Å². The number of aliphatic hydroxyl groups is 1. The van der Waals surface area contributed by atoms with Crippen LogP contribution in [0.25, 0.3) is 0 Å². The molecule has 5 aliphatic rings. The highest BCUT2D eigenvalue weighted by atomic mass is 16.8. The molecule has 4 aromatic carbocycles. The van der Waals surface area contributed by atoms with Gasteiger partial charge in [0.2, 0.25) is 0 Å². The Morgan fingerprint density at radius 2 is 0.926 bits per heavy atom. The molecule has 0 radical (unpaired) electrons. The van der Waals surface area contributed by atoms with Crippen LogP contribution in [0.1, 0.15) is 96.3 Å². The van der Waals surface area contributed by atoms with Crippen LogP contribution >= 0.6 is 0 Å². The number of hydrogen-bond donors (Lipinski definition) is 1. The Kier molecular flexibility index (Phi) is 11.6. The van der Waals surface area contributed by atoms with Gasteiger partial charge in [-0.15, -0.1) is 0 Å². The fraction of sp³-hybridized carbons (Fsp3) is 0.296. The summed E-state index contributed by atoms with van der Waals surface area (Å²) in [6, 6.07) is 29.9. The molecule has 68 heavy (non-hydrogen) atoms. The Morgan fingerprint density at radius 3 is 1.29 bits per heavy atom. The summed E-state index contributed by atoms with van der Waals surface area (Å²) in [6.45, 7) is 8.47. The van der Waals surface area contributed by atoms with Crippen molar-refractivity contribution in [3.63, 3.8) is 0 Å². The maximum absolute atomic E-state index is 13.7. The lowest BCUT2D eigenvalue weighted by atomic mass is 9.83. The van der Waals surface area contributed by atoms with Crippen molar-refractivity contribution in [1.82, 2.24) is 0 Å². The molecule has 3 fully saturated rings. The first-order chi connectivity index (χ1) is 32.5. The number of carbonyl (C=O) groups excluding carboxylic acids is 6. The number of esters is 5. The molecule has 4 aliphatic heterocycles. The number of Topliss-reactive ketones (excluding diaryl/α,β-unsaturated/α-hetero) is 1. The van der Waals surface area contributed by atoms with Gasteiger partial charge in [-0.25, -0.2) is 24.0 Å². The molecule has 14 nitrogen and oxygen atoms in total. The second-order valence-corrected chi connectivity index (χ2v) is 18.6. The largest absolute Gasteiger partial charge is 0.465 e. The number of para-hydroxylation sites is 2. The van der Waals surface area contributed by atoms with E-state index in [1.807, 2.05) is 86.6 Å². The summed E-state index contributed by atoms with van der Waals surface area (Å²) < 4.78 is 28.3. The molecule has 0 amide bonds. The molecule has 0 bridgehead atoms. The normalized spacial score (nSPS) is 23.5. The number of aliphatic hydroxyl groups excluding tert-OH is 1. The van der Waals surface area contributed by atoms with E-state index in [0.717, 1.165) is 45.0 Å². The van der Waals surface area contributed by atoms with Crippen LogP contribution in [0.2, 0.25) is 0 Å². The van der Waals surface area contributed by atoms with Crippen LogP contribution in [-0.4, -0.2) is 66.0 Å². The molecule has 1 N–H and O–H groups in total. The third-order valence-corrected chi connectivity index (χ3v) is 13.7. The molecule has 1 saturated carbocycles. The quantitative estimate of drug-likeness (QED) is 0.0568. The van der Waals surface area contributed by atoms with E-state index in [4.69, 9.17) is 23.7 Å². The van der Waals surface area contributed by atoms with Gasteiger partial charge >= 0.3 is 29.8 Å². The Morgan fingerprint density at radius 1 is 0.559 bits per heavy atom. The lowest BCUT2D eigenvalue weighted by molar-refractivity contribution is -0.291. The average molecular weight is 919 g/mol. The molecule has 348 valence electrons. The molecule has 2 saturated heterocycles. The Labute approximate surface area is 393 Å². The fourth-order valence-corrected chi connectivity index (χ4v) is 9.86. The van der Waals surface area contributed by atoms with Crippen LogP contribution in [0.15, 0.2) is 144 Å². The molecule has 2 spiro atoms. The van der Waals surface area contributed by atoms with Gasteiger partial charge in [0.15, 0.2) is 5.78 Å². The van der Waals surface area contributed by atoms with E-state index in [1.54, 1.807) is 36.4 Å². The van der Waals surface area contributed by atoms with Crippen molar-refractivity contribution in [3.05, 3.63) is 177 Å². The van der Waals surface area contributed by atoms with Crippen LogP contribution in [-0.2, 0) is 66.8 Å². The standard InChI is InChI=1S/C54H50N2O12/c1-51(2)39-10-6-8-12-41(39)55(30-33-14-18-35(19-15-33)43(58)32-57)44(51)24-22-37-47(60)65-53(66-48(37)61)26-28-54(29-27-53)67-49(62)38(50(63)68-54)23-25-45-52(3,4)40-11-7-9-13-42(40)56(45)31-34-16-20-36(21-17-34)46(59)64-5/h6-25,57H,26-32H2,1-5H3. The molecule has 0 atom stereocenters. The number of ether oxygens (including phenoxy) is 5. The zero-order valence-electron chi connectivity index (χ0n) is 38.3. The van der Waals surface area contributed by atoms with E-state index in [0.29, 0.717) is 24.2 Å². The molecular weight excluding hydrogens is 869 g/mol. The number of rotatable bonds is 9. The molecule has 4 aromatic rings. The fourth-order valence-electron chi connectivity index (χ4n) is 9.86. The highest BCUT2D eigenvalue weighted by molar-refractivity contribution is 6.16. The third kappa shape index (κ3) is 8.08. The van der Waals surface area contributed by atoms with Gasteiger partial charge in [0, 0.05) is 77.9 Å². The number of fused-ring (bicyclic) bond motifs is 2. The Hall–Kier alpha value is -7.58. The average Bonchev–Trinajstić information content (AvgIpc) is 3.67. The van der Waals surface area contributed by atoms with Gasteiger partial charge in [0.25, 0.3) is 11.6 Å². The predicted octanol–water partition coefficient (Wildman–Crippen LogP) is 7.73. The molecule has 4 heterocycles. The van der Waals surface area contributed by atoms with E-state index < -0.39 is 58.9 Å². The van der Waals surface area contributed by atoms with Gasteiger partial charge in [0.1, 0.15) is 17.8 Å². The monoisotopic (exact) mass is 918 g/mol. The van der Waals surface area contributed by atoms with Gasteiger partial charge < -0.3 is 38.6 Å². The smallest absolute Gasteiger partial charge is 0.348 e. The summed E-state index contributed by atoms with van der Waals surface area (Å²) in [5, 5.41) is 9.29. The number of ketones is 1. The maximum Gasteiger partial charge on any atom is 0.348 e.